The van der Waals surface area contributed by atoms with Crippen LogP contribution in [0.5, 0.6) is 5.75 Å². The Morgan fingerprint density at radius 1 is 0.980 bits per heavy atom. The number of hydrogen-bond donors (Lipinski definition) is 1. The van der Waals surface area contributed by atoms with Gasteiger partial charge in [-0.3, -0.25) is 39.5 Å². The topological polar surface area (TPSA) is 182 Å². The highest BCUT2D eigenvalue weighted by Gasteiger charge is 2.44. The molecule has 14 nitrogen and oxygen atoms in total. The van der Waals surface area contributed by atoms with Crippen LogP contribution in [0.15, 0.2) is 29.3 Å². The molecular weight excluding hydrogens is 672 g/mol. The van der Waals surface area contributed by atoms with Crippen LogP contribution in [-0.2, 0) is 20.6 Å². The highest BCUT2D eigenvalue weighted by molar-refractivity contribution is 6.33. The molecule has 0 saturated carbocycles. The molecule has 1 aliphatic carbocycles. The molecule has 0 atom stereocenters. The van der Waals surface area contributed by atoms with Gasteiger partial charge in [-0.2, -0.15) is 13.2 Å². The van der Waals surface area contributed by atoms with Crippen LogP contribution in [0.3, 0.4) is 0 Å². The predicted molar refractivity (Wildman–Crippen MR) is 173 cm³/mol. The normalized spacial score (nSPS) is 15.5. The van der Waals surface area contributed by atoms with Gasteiger partial charge in [0.1, 0.15) is 11.4 Å². The SMILES string of the molecule is C#CCN1C(=O)COc2cc(F)c(N3C(=O)C4=C(CCCC4)C3=O)cc21.CCCN(CCC)c1c([N+](=O)[O-])cc(C(F)(F)F)c(N)c1[N+](=O)[O-]. The summed E-state index contributed by atoms with van der Waals surface area (Å²) < 4.78 is 59.0. The van der Waals surface area contributed by atoms with Crippen LogP contribution in [0.4, 0.5) is 51.7 Å². The van der Waals surface area contributed by atoms with Gasteiger partial charge in [-0.1, -0.05) is 19.8 Å². The van der Waals surface area contributed by atoms with E-state index in [0.29, 0.717) is 36.8 Å². The zero-order chi connectivity index (χ0) is 37.1. The lowest BCUT2D eigenvalue weighted by Gasteiger charge is -2.29. The number of benzene rings is 2. The monoisotopic (exact) mass is 704 g/mol. The van der Waals surface area contributed by atoms with E-state index in [-0.39, 0.29) is 55.3 Å². The van der Waals surface area contributed by atoms with Gasteiger partial charge in [0.15, 0.2) is 18.1 Å². The number of terminal acetylenes is 1. The molecule has 2 heterocycles. The van der Waals surface area contributed by atoms with E-state index in [2.05, 4.69) is 5.92 Å². The Morgan fingerprint density at radius 3 is 2.04 bits per heavy atom. The molecule has 2 aliphatic heterocycles. The molecule has 18 heteroatoms. The fraction of sp³-hybridized carbons (Fsp3) is 0.406. The van der Waals surface area contributed by atoms with E-state index in [4.69, 9.17) is 16.9 Å². The van der Waals surface area contributed by atoms with Crippen LogP contribution in [0.2, 0.25) is 0 Å². The van der Waals surface area contributed by atoms with Crippen molar-refractivity contribution in [2.75, 3.05) is 46.7 Å². The Labute approximate surface area is 282 Å². The van der Waals surface area contributed by atoms with E-state index in [9.17, 15) is 52.2 Å². The Morgan fingerprint density at radius 2 is 1.56 bits per heavy atom. The summed E-state index contributed by atoms with van der Waals surface area (Å²) in [5.41, 5.74) is 1.09. The van der Waals surface area contributed by atoms with E-state index in [1.165, 1.54) is 15.9 Å². The molecule has 2 aromatic rings. The van der Waals surface area contributed by atoms with Crippen molar-refractivity contribution < 1.29 is 46.5 Å². The number of imide groups is 1. The molecule has 0 spiro atoms. The fourth-order valence-electron chi connectivity index (χ4n) is 6.01. The number of fused-ring (bicyclic) bond motifs is 1. The minimum Gasteiger partial charge on any atom is -0.481 e. The van der Waals surface area contributed by atoms with Crippen molar-refractivity contribution in [2.45, 2.75) is 58.5 Å². The molecular formula is C32H32F4N6O8. The summed E-state index contributed by atoms with van der Waals surface area (Å²) in [6.45, 7) is 3.64. The number of carbonyl (C=O) groups excluding carboxylic acids is 3. The first-order valence-electron chi connectivity index (χ1n) is 15.5. The quantitative estimate of drug-likeness (QED) is 0.0854. The molecule has 0 aromatic heterocycles. The van der Waals surface area contributed by atoms with Crippen LogP contribution in [0, 0.1) is 38.4 Å². The number of ether oxygens (including phenoxy) is 1. The number of rotatable bonds is 9. The summed E-state index contributed by atoms with van der Waals surface area (Å²) in [5.74, 6) is 0.406. The second-order valence-corrected chi connectivity index (χ2v) is 11.4. The standard InChI is InChI=1S/C19H15FN2O4.C13H17F3N4O4/c1-2-7-21-15-9-14(13(20)8-16(15)26-10-17(21)23)22-18(24)11-5-3-4-6-12(11)19(22)25;1-3-5-18(6-4-2)11-9(19(21)22)7-8(13(14,15)16)10(17)12(11)20(23)24/h1,8-9H,3-7,10H2;7H,3-6,17H2,1-2H3. The fourth-order valence-corrected chi connectivity index (χ4v) is 6.01. The Balaban J connectivity index is 0.000000226. The van der Waals surface area contributed by atoms with Crippen LogP contribution >= 0.6 is 0 Å². The predicted octanol–water partition coefficient (Wildman–Crippen LogP) is 5.66. The molecule has 2 aromatic carbocycles. The number of halogens is 4. The zero-order valence-corrected chi connectivity index (χ0v) is 27.0. The molecule has 5 rings (SSSR count). The molecule has 0 saturated heterocycles. The van der Waals surface area contributed by atoms with Gasteiger partial charge in [0.25, 0.3) is 23.4 Å². The maximum absolute atomic E-state index is 14.7. The van der Waals surface area contributed by atoms with Gasteiger partial charge in [0, 0.05) is 36.4 Å². The number of carbonyl (C=O) groups is 3. The average Bonchev–Trinajstić information content (AvgIpc) is 3.30. The van der Waals surface area contributed by atoms with E-state index in [1.807, 2.05) is 0 Å². The summed E-state index contributed by atoms with van der Waals surface area (Å²) in [6, 6.07) is 2.63. The molecule has 3 amide bonds. The minimum atomic E-state index is -5.04. The van der Waals surface area contributed by atoms with Gasteiger partial charge >= 0.3 is 11.9 Å². The van der Waals surface area contributed by atoms with E-state index >= 15 is 0 Å². The van der Waals surface area contributed by atoms with Gasteiger partial charge in [0.2, 0.25) is 0 Å². The number of nitrogens with zero attached hydrogens (tertiary/aromatic N) is 5. The molecule has 2 N–H and O–H groups in total. The van der Waals surface area contributed by atoms with Crippen molar-refractivity contribution in [2.24, 2.45) is 0 Å². The molecule has 0 bridgehead atoms. The lowest BCUT2D eigenvalue weighted by molar-refractivity contribution is -0.392. The second kappa shape index (κ2) is 14.8. The molecule has 0 unspecified atom stereocenters. The number of alkyl halides is 3. The first-order chi connectivity index (χ1) is 23.6. The average molecular weight is 705 g/mol. The van der Waals surface area contributed by atoms with Gasteiger partial charge in [-0.25, -0.2) is 9.29 Å². The van der Waals surface area contributed by atoms with Crippen molar-refractivity contribution in [1.82, 2.24) is 0 Å². The van der Waals surface area contributed by atoms with Crippen LogP contribution in [0.1, 0.15) is 57.9 Å². The molecule has 266 valence electrons. The van der Waals surface area contributed by atoms with Crippen LogP contribution in [-0.4, -0.2) is 53.8 Å². The highest BCUT2D eigenvalue weighted by atomic mass is 19.4. The van der Waals surface area contributed by atoms with Crippen molar-refractivity contribution in [3.63, 3.8) is 0 Å². The van der Waals surface area contributed by atoms with E-state index in [1.54, 1.807) is 13.8 Å². The van der Waals surface area contributed by atoms with Crippen molar-refractivity contribution >= 4 is 51.8 Å². The third-order valence-electron chi connectivity index (χ3n) is 8.13. The summed E-state index contributed by atoms with van der Waals surface area (Å²) >= 11 is 0. The van der Waals surface area contributed by atoms with Crippen molar-refractivity contribution in [3.05, 3.63) is 61.0 Å². The highest BCUT2D eigenvalue weighted by Crippen LogP contribution is 2.48. The smallest absolute Gasteiger partial charge is 0.418 e. The third kappa shape index (κ3) is 7.02. The number of nitrogen functional groups attached to an aromatic ring is 1. The number of nitro benzene ring substituents is 2. The first kappa shape index (κ1) is 37.1. The number of nitro groups is 2. The van der Waals surface area contributed by atoms with Crippen LogP contribution in [0.25, 0.3) is 0 Å². The van der Waals surface area contributed by atoms with E-state index < -0.39 is 62.0 Å². The molecule has 0 fully saturated rings. The second-order valence-electron chi connectivity index (χ2n) is 11.4. The number of amides is 3. The van der Waals surface area contributed by atoms with Gasteiger partial charge in [-0.05, 0) is 44.6 Å². The molecule has 0 radical (unpaired) electrons. The summed E-state index contributed by atoms with van der Waals surface area (Å²) in [6.07, 6.45) is 3.96. The van der Waals surface area contributed by atoms with Crippen molar-refractivity contribution in [1.29, 1.82) is 0 Å². The van der Waals surface area contributed by atoms with Crippen molar-refractivity contribution in [3.8, 4) is 18.1 Å². The van der Waals surface area contributed by atoms with Gasteiger partial charge < -0.3 is 15.4 Å². The van der Waals surface area contributed by atoms with Crippen LogP contribution < -0.4 is 25.2 Å². The zero-order valence-electron chi connectivity index (χ0n) is 27.0. The lowest BCUT2D eigenvalue weighted by Crippen LogP contribution is -2.39. The lowest BCUT2D eigenvalue weighted by atomic mass is 9.93. The third-order valence-corrected chi connectivity index (χ3v) is 8.13. The summed E-state index contributed by atoms with van der Waals surface area (Å²) in [5, 5.41) is 22.6. The van der Waals surface area contributed by atoms with E-state index in [0.717, 1.165) is 23.8 Å². The first-order valence-corrected chi connectivity index (χ1v) is 15.5. The number of anilines is 4. The molecule has 50 heavy (non-hydrogen) atoms. The maximum Gasteiger partial charge on any atom is 0.418 e. The Kier molecular flexibility index (Phi) is 11.0. The Hall–Kier alpha value is -5.73. The van der Waals surface area contributed by atoms with Gasteiger partial charge in [0.05, 0.1) is 33.3 Å². The molecule has 3 aliphatic rings. The summed E-state index contributed by atoms with van der Waals surface area (Å²) in [4.78, 5) is 61.3. The Bertz CT molecular complexity index is 1800. The largest absolute Gasteiger partial charge is 0.481 e. The number of nitrogens with two attached hydrogens (primary N) is 1. The minimum absolute atomic E-state index is 0.0170. The van der Waals surface area contributed by atoms with Gasteiger partial charge in [-0.15, -0.1) is 6.42 Å². The number of hydrogen-bond acceptors (Lipinski definition) is 10. The summed E-state index contributed by atoms with van der Waals surface area (Å²) in [7, 11) is 0. The maximum atomic E-state index is 14.7.